The Bertz CT molecular complexity index is 759. The summed E-state index contributed by atoms with van der Waals surface area (Å²) in [5.74, 6) is -0.343. The van der Waals surface area contributed by atoms with Gasteiger partial charge in [-0.15, -0.1) is 0 Å². The smallest absolute Gasteiger partial charge is 0.182 e. The molecule has 4 atom stereocenters. The minimum absolute atomic E-state index is 0.0310. The van der Waals surface area contributed by atoms with Crippen molar-refractivity contribution in [1.29, 1.82) is 21.0 Å². The number of nitriles is 4. The Hall–Kier alpha value is -2.76. The van der Waals surface area contributed by atoms with Crippen LogP contribution in [0.4, 0.5) is 0 Å². The topological polar surface area (TPSA) is 104 Å². The Kier molecular flexibility index (Phi) is 2.88. The minimum atomic E-state index is -1.67. The van der Waals surface area contributed by atoms with Gasteiger partial charge in [0, 0.05) is 17.8 Å². The maximum Gasteiger partial charge on any atom is 0.182 e. The van der Waals surface area contributed by atoms with E-state index >= 15 is 0 Å². The zero-order valence-corrected chi connectivity index (χ0v) is 13.2. The number of ether oxygens (including phenoxy) is 1. The summed E-state index contributed by atoms with van der Waals surface area (Å²) in [7, 11) is 0. The maximum atomic E-state index is 9.74. The third kappa shape index (κ3) is 1.58. The Morgan fingerprint density at radius 1 is 0.913 bits per heavy atom. The van der Waals surface area contributed by atoms with Crippen molar-refractivity contribution in [3.05, 3.63) is 24.0 Å². The van der Waals surface area contributed by atoms with Crippen LogP contribution in [0.15, 0.2) is 24.0 Å². The molecule has 0 N–H and O–H groups in total. The molecule has 0 heterocycles. The van der Waals surface area contributed by atoms with E-state index in [-0.39, 0.29) is 17.4 Å². The lowest BCUT2D eigenvalue weighted by atomic mass is 9.38. The number of rotatable bonds is 1. The predicted molar refractivity (Wildman–Crippen MR) is 79.3 cm³/mol. The summed E-state index contributed by atoms with van der Waals surface area (Å²) in [6.07, 6.45) is 5.60. The lowest BCUT2D eigenvalue weighted by Gasteiger charge is -2.59. The fourth-order valence-electron chi connectivity index (χ4n) is 4.24. The molecule has 4 unspecified atom stereocenters. The lowest BCUT2D eigenvalue weighted by molar-refractivity contribution is -0.0644. The van der Waals surface area contributed by atoms with Crippen molar-refractivity contribution < 1.29 is 4.74 Å². The van der Waals surface area contributed by atoms with Crippen LogP contribution in [0.1, 0.15) is 20.8 Å². The van der Waals surface area contributed by atoms with Gasteiger partial charge in [0.2, 0.25) is 0 Å². The van der Waals surface area contributed by atoms with Crippen LogP contribution in [0.5, 0.6) is 0 Å². The van der Waals surface area contributed by atoms with Gasteiger partial charge >= 0.3 is 0 Å². The highest BCUT2D eigenvalue weighted by molar-refractivity contribution is 5.49. The molecule has 0 aromatic carbocycles. The lowest BCUT2D eigenvalue weighted by Crippen LogP contribution is -2.63. The van der Waals surface area contributed by atoms with Crippen molar-refractivity contribution in [2.24, 2.45) is 34.5 Å². The third-order valence-corrected chi connectivity index (χ3v) is 5.18. The van der Waals surface area contributed by atoms with E-state index in [1.807, 2.05) is 63.3 Å². The van der Waals surface area contributed by atoms with E-state index in [0.29, 0.717) is 0 Å². The highest BCUT2D eigenvalue weighted by atomic mass is 16.5. The summed E-state index contributed by atoms with van der Waals surface area (Å²) < 4.78 is 5.96. The number of nitrogens with zero attached hydrogens (tertiary/aromatic N) is 4. The molecule has 5 nitrogen and oxygen atoms in total. The third-order valence-electron chi connectivity index (χ3n) is 5.18. The zero-order chi connectivity index (χ0) is 17.0. The van der Waals surface area contributed by atoms with Crippen LogP contribution in [0.2, 0.25) is 0 Å². The monoisotopic (exact) mass is 304 g/mol. The van der Waals surface area contributed by atoms with Crippen LogP contribution in [0, 0.1) is 79.8 Å². The van der Waals surface area contributed by atoms with Crippen LogP contribution in [0.25, 0.3) is 0 Å². The van der Waals surface area contributed by atoms with Gasteiger partial charge in [0.25, 0.3) is 0 Å². The molecule has 4 aliphatic rings. The second-order valence-corrected chi connectivity index (χ2v) is 7.39. The fraction of sp³-hybridized carbons (Fsp3) is 0.556. The molecule has 4 rings (SSSR count). The molecule has 4 aliphatic carbocycles. The van der Waals surface area contributed by atoms with E-state index < -0.39 is 22.7 Å². The molecule has 0 aliphatic heterocycles. The first-order chi connectivity index (χ1) is 10.8. The van der Waals surface area contributed by atoms with Crippen LogP contribution >= 0.6 is 0 Å². The molecule has 23 heavy (non-hydrogen) atoms. The van der Waals surface area contributed by atoms with Gasteiger partial charge < -0.3 is 4.74 Å². The SMILES string of the molecule is CC(C)(C)OC1=CC2C1C1C=CC2C(C#N)(C#N)C1(C#N)C#N. The first-order valence-corrected chi connectivity index (χ1v) is 7.54. The Morgan fingerprint density at radius 3 is 1.87 bits per heavy atom. The molecule has 114 valence electrons. The average molecular weight is 304 g/mol. The van der Waals surface area contributed by atoms with Crippen molar-refractivity contribution in [2.45, 2.75) is 26.4 Å². The highest BCUT2D eigenvalue weighted by Gasteiger charge is 2.73. The summed E-state index contributed by atoms with van der Waals surface area (Å²) in [4.78, 5) is 0. The molecule has 0 spiro atoms. The normalized spacial score (nSPS) is 34.5. The van der Waals surface area contributed by atoms with E-state index in [1.165, 1.54) is 0 Å². The van der Waals surface area contributed by atoms with Gasteiger partial charge in [0.15, 0.2) is 10.8 Å². The first kappa shape index (κ1) is 15.1. The summed E-state index contributed by atoms with van der Waals surface area (Å²) >= 11 is 0. The predicted octanol–water partition coefficient (Wildman–Crippen LogP) is 2.81. The molecular weight excluding hydrogens is 288 g/mol. The number of hydrogen-bond acceptors (Lipinski definition) is 5. The number of hydrogen-bond donors (Lipinski definition) is 0. The number of fused-ring (bicyclic) bond motifs is 1. The largest absolute Gasteiger partial charge is 0.492 e. The summed E-state index contributed by atoms with van der Waals surface area (Å²) in [6, 6.07) is 8.06. The fourth-order valence-corrected chi connectivity index (χ4v) is 4.24. The highest BCUT2D eigenvalue weighted by Crippen LogP contribution is 2.68. The van der Waals surface area contributed by atoms with Crippen molar-refractivity contribution in [3.8, 4) is 24.3 Å². The van der Waals surface area contributed by atoms with E-state index in [0.717, 1.165) is 5.76 Å². The van der Waals surface area contributed by atoms with E-state index in [9.17, 15) is 21.0 Å². The van der Waals surface area contributed by atoms with Gasteiger partial charge in [-0.1, -0.05) is 12.2 Å². The first-order valence-electron chi connectivity index (χ1n) is 7.54. The van der Waals surface area contributed by atoms with E-state index in [1.54, 1.807) is 0 Å². The molecule has 0 saturated heterocycles. The molecule has 1 fully saturated rings. The standard InChI is InChI=1S/C18H16N4O/c1-16(2,3)23-14-6-11-12-4-5-13(15(11)14)18(9-21,10-22)17(12,7-19)8-20/h4-6,11-13,15H,1-3H3. The number of allylic oxidation sites excluding steroid dienone is 4. The van der Waals surface area contributed by atoms with Gasteiger partial charge in [-0.3, -0.25) is 0 Å². The summed E-state index contributed by atoms with van der Waals surface area (Å²) in [5.41, 5.74) is -3.68. The molecule has 0 aromatic rings. The van der Waals surface area contributed by atoms with Crippen molar-refractivity contribution >= 4 is 0 Å². The second kappa shape index (κ2) is 4.38. The Morgan fingerprint density at radius 2 is 1.39 bits per heavy atom. The molecule has 2 bridgehead atoms. The van der Waals surface area contributed by atoms with Crippen LogP contribution in [-0.2, 0) is 4.74 Å². The molecular formula is C18H16N4O. The van der Waals surface area contributed by atoms with Gasteiger partial charge in [0.1, 0.15) is 5.60 Å². The van der Waals surface area contributed by atoms with E-state index in [4.69, 9.17) is 4.74 Å². The second-order valence-electron chi connectivity index (χ2n) is 7.39. The van der Waals surface area contributed by atoms with Crippen molar-refractivity contribution in [3.63, 3.8) is 0 Å². The summed E-state index contributed by atoms with van der Waals surface area (Å²) in [5, 5.41) is 38.8. The molecule has 0 radical (unpaired) electrons. The van der Waals surface area contributed by atoms with Gasteiger partial charge in [-0.2, -0.15) is 21.0 Å². The minimum Gasteiger partial charge on any atom is -0.492 e. The van der Waals surface area contributed by atoms with Crippen molar-refractivity contribution in [2.75, 3.05) is 0 Å². The van der Waals surface area contributed by atoms with Gasteiger partial charge in [-0.25, -0.2) is 0 Å². The molecule has 0 amide bonds. The van der Waals surface area contributed by atoms with Crippen LogP contribution < -0.4 is 0 Å². The summed E-state index contributed by atoms with van der Waals surface area (Å²) in [6.45, 7) is 5.82. The van der Waals surface area contributed by atoms with Crippen molar-refractivity contribution in [1.82, 2.24) is 0 Å². The van der Waals surface area contributed by atoms with Gasteiger partial charge in [-0.05, 0) is 32.8 Å². The van der Waals surface area contributed by atoms with Crippen LogP contribution in [-0.4, -0.2) is 5.60 Å². The molecule has 5 heteroatoms. The Balaban J connectivity index is 2.14. The quantitative estimate of drug-likeness (QED) is 0.693. The molecule has 0 aromatic heterocycles. The molecule has 1 saturated carbocycles. The Labute approximate surface area is 135 Å². The average Bonchev–Trinajstić information content (AvgIpc) is 2.50. The maximum absolute atomic E-state index is 9.74. The van der Waals surface area contributed by atoms with E-state index in [2.05, 4.69) is 0 Å². The van der Waals surface area contributed by atoms with Crippen LogP contribution in [0.3, 0.4) is 0 Å². The zero-order valence-electron chi connectivity index (χ0n) is 13.2. The van der Waals surface area contributed by atoms with Gasteiger partial charge in [0.05, 0.1) is 30.0 Å².